The van der Waals surface area contributed by atoms with E-state index in [0.717, 1.165) is 49.9 Å². The predicted molar refractivity (Wildman–Crippen MR) is 107 cm³/mol. The van der Waals surface area contributed by atoms with Crippen LogP contribution in [0.2, 0.25) is 0 Å². The number of fused-ring (bicyclic) bond motifs is 1. The summed E-state index contributed by atoms with van der Waals surface area (Å²) in [6.45, 7) is 0. The molecule has 0 spiro atoms. The Bertz CT molecular complexity index is 1180. The molecule has 1 aliphatic carbocycles. The number of halogens is 1. The highest BCUT2D eigenvalue weighted by atomic mass is 32.2. The summed E-state index contributed by atoms with van der Waals surface area (Å²) >= 11 is 0. The third kappa shape index (κ3) is 3.78. The molecular weight excluding hydrogens is 391 g/mol. The number of aromatic nitrogens is 2. The normalized spacial score (nSPS) is 15.9. The lowest BCUT2D eigenvalue weighted by molar-refractivity contribution is 0.589. The molecule has 148 valence electrons. The van der Waals surface area contributed by atoms with E-state index in [4.69, 9.17) is 0 Å². The molecule has 1 aromatic heterocycles. The lowest BCUT2D eigenvalue weighted by Gasteiger charge is -2.19. The van der Waals surface area contributed by atoms with Crippen LogP contribution in [0.3, 0.4) is 0 Å². The van der Waals surface area contributed by atoms with Crippen LogP contribution in [0.15, 0.2) is 53.4 Å². The quantitative estimate of drug-likeness (QED) is 0.635. The van der Waals surface area contributed by atoms with Crippen molar-refractivity contribution in [2.24, 2.45) is 0 Å². The number of nitriles is 1. The number of rotatable bonds is 5. The van der Waals surface area contributed by atoms with Crippen molar-refractivity contribution >= 4 is 26.7 Å². The molecule has 0 radical (unpaired) electrons. The molecule has 3 aromatic rings. The van der Waals surface area contributed by atoms with Crippen molar-refractivity contribution in [3.8, 4) is 6.07 Å². The summed E-state index contributed by atoms with van der Waals surface area (Å²) in [5, 5.41) is 11.5. The number of nitrogens with zero attached hydrogens (tertiary/aromatic N) is 3. The van der Waals surface area contributed by atoms with Crippen molar-refractivity contribution in [1.29, 1.82) is 5.26 Å². The van der Waals surface area contributed by atoms with Gasteiger partial charge in [-0.25, -0.2) is 22.8 Å². The van der Waals surface area contributed by atoms with Gasteiger partial charge in [-0.2, -0.15) is 5.26 Å². The summed E-state index contributed by atoms with van der Waals surface area (Å²) in [5.74, 6) is -0.237. The summed E-state index contributed by atoms with van der Waals surface area (Å²) in [6, 6.07) is 13.6. The van der Waals surface area contributed by atoms with Crippen molar-refractivity contribution in [3.05, 3.63) is 60.0 Å². The minimum atomic E-state index is -4.12. The SMILES string of the molecule is N#CC(c1nc2ccccc2nc1NC1CCCC1)S(=O)(=O)c1ccc(F)cc1. The molecule has 1 heterocycles. The smallest absolute Gasteiger partial charge is 0.200 e. The van der Waals surface area contributed by atoms with E-state index in [1.54, 1.807) is 18.2 Å². The van der Waals surface area contributed by atoms with Crippen LogP contribution in [0.1, 0.15) is 36.6 Å². The molecule has 2 aromatic carbocycles. The molecule has 4 rings (SSSR count). The molecule has 1 N–H and O–H groups in total. The zero-order valence-corrected chi connectivity index (χ0v) is 16.4. The van der Waals surface area contributed by atoms with Gasteiger partial charge in [0.05, 0.1) is 22.0 Å². The number of para-hydroxylation sites is 2. The van der Waals surface area contributed by atoms with E-state index in [9.17, 15) is 18.1 Å². The minimum Gasteiger partial charge on any atom is -0.366 e. The van der Waals surface area contributed by atoms with Gasteiger partial charge in [-0.3, -0.25) is 0 Å². The van der Waals surface area contributed by atoms with Crippen LogP contribution in [0.25, 0.3) is 11.0 Å². The Kier molecular flexibility index (Phi) is 5.16. The average molecular weight is 410 g/mol. The summed E-state index contributed by atoms with van der Waals surface area (Å²) in [5.41, 5.74) is 1.20. The van der Waals surface area contributed by atoms with Crippen LogP contribution in [0.5, 0.6) is 0 Å². The molecule has 0 amide bonds. The zero-order valence-electron chi connectivity index (χ0n) is 15.5. The maximum Gasteiger partial charge on any atom is 0.200 e. The summed E-state index contributed by atoms with van der Waals surface area (Å²) in [6.07, 6.45) is 4.08. The van der Waals surface area contributed by atoms with Gasteiger partial charge in [-0.15, -0.1) is 0 Å². The Hall–Kier alpha value is -3.05. The molecule has 1 fully saturated rings. The van der Waals surface area contributed by atoms with E-state index in [-0.39, 0.29) is 16.6 Å². The number of nitrogens with one attached hydrogen (secondary N) is 1. The second-order valence-corrected chi connectivity index (χ2v) is 9.11. The third-order valence-electron chi connectivity index (χ3n) is 5.11. The van der Waals surface area contributed by atoms with Crippen LogP contribution in [-0.4, -0.2) is 24.4 Å². The molecular formula is C21H19FN4O2S. The van der Waals surface area contributed by atoms with Crippen LogP contribution in [0, 0.1) is 17.1 Å². The van der Waals surface area contributed by atoms with Gasteiger partial charge in [0.15, 0.2) is 11.1 Å². The van der Waals surface area contributed by atoms with Gasteiger partial charge < -0.3 is 5.32 Å². The first-order chi connectivity index (χ1) is 14.0. The first-order valence-electron chi connectivity index (χ1n) is 9.41. The molecule has 0 aliphatic heterocycles. The highest BCUT2D eigenvalue weighted by molar-refractivity contribution is 7.92. The maximum absolute atomic E-state index is 13.3. The standard InChI is InChI=1S/C21H19FN4O2S/c22-14-9-11-16(12-10-14)29(27,28)19(13-23)20-21(24-15-5-1-2-6-15)26-18-8-4-3-7-17(18)25-20/h3-4,7-12,15,19H,1-2,5-6H2,(H,24,26). The minimum absolute atomic E-state index is 0.0717. The maximum atomic E-state index is 13.3. The molecule has 0 bridgehead atoms. The fourth-order valence-electron chi connectivity index (χ4n) is 3.60. The molecule has 1 saturated carbocycles. The Balaban J connectivity index is 1.84. The average Bonchev–Trinajstić information content (AvgIpc) is 3.22. The van der Waals surface area contributed by atoms with Crippen LogP contribution < -0.4 is 5.32 Å². The predicted octanol–water partition coefficient (Wildman–Crippen LogP) is 4.16. The van der Waals surface area contributed by atoms with E-state index in [2.05, 4.69) is 15.3 Å². The fraction of sp³-hybridized carbons (Fsp3) is 0.286. The Morgan fingerprint density at radius 3 is 2.28 bits per heavy atom. The van der Waals surface area contributed by atoms with Crippen LogP contribution >= 0.6 is 0 Å². The summed E-state index contributed by atoms with van der Waals surface area (Å²) < 4.78 is 39.6. The first kappa shape index (κ1) is 19.3. The van der Waals surface area contributed by atoms with Gasteiger partial charge >= 0.3 is 0 Å². The highest BCUT2D eigenvalue weighted by Crippen LogP contribution is 2.33. The lowest BCUT2D eigenvalue weighted by atomic mass is 10.2. The van der Waals surface area contributed by atoms with E-state index < -0.39 is 20.9 Å². The largest absolute Gasteiger partial charge is 0.366 e. The number of sulfone groups is 1. The van der Waals surface area contributed by atoms with Crippen molar-refractivity contribution in [2.75, 3.05) is 5.32 Å². The van der Waals surface area contributed by atoms with Crippen LogP contribution in [0.4, 0.5) is 10.2 Å². The van der Waals surface area contributed by atoms with E-state index in [1.807, 2.05) is 12.1 Å². The second-order valence-electron chi connectivity index (χ2n) is 7.08. The molecule has 1 aliphatic rings. The molecule has 1 atom stereocenters. The number of hydrogen-bond donors (Lipinski definition) is 1. The molecule has 1 unspecified atom stereocenters. The molecule has 0 saturated heterocycles. The topological polar surface area (TPSA) is 95.7 Å². The third-order valence-corrected chi connectivity index (χ3v) is 6.99. The second kappa shape index (κ2) is 7.76. The van der Waals surface area contributed by atoms with Gasteiger partial charge in [0.25, 0.3) is 0 Å². The summed E-state index contributed by atoms with van der Waals surface area (Å²) in [4.78, 5) is 8.94. The zero-order chi connectivity index (χ0) is 20.4. The molecule has 8 heteroatoms. The van der Waals surface area contributed by atoms with Gasteiger partial charge in [-0.1, -0.05) is 25.0 Å². The van der Waals surface area contributed by atoms with Gasteiger partial charge in [-0.05, 0) is 49.2 Å². The Morgan fingerprint density at radius 2 is 1.66 bits per heavy atom. The van der Waals surface area contributed by atoms with Gasteiger partial charge in [0.1, 0.15) is 11.5 Å². The van der Waals surface area contributed by atoms with Gasteiger partial charge in [0, 0.05) is 6.04 Å². The van der Waals surface area contributed by atoms with Gasteiger partial charge in [0.2, 0.25) is 9.84 Å². The van der Waals surface area contributed by atoms with E-state index >= 15 is 0 Å². The summed E-state index contributed by atoms with van der Waals surface area (Å²) in [7, 11) is -4.12. The Morgan fingerprint density at radius 1 is 1.03 bits per heavy atom. The lowest BCUT2D eigenvalue weighted by Crippen LogP contribution is -2.21. The number of benzene rings is 2. The van der Waals surface area contributed by atoms with Crippen molar-refractivity contribution in [1.82, 2.24) is 9.97 Å². The van der Waals surface area contributed by atoms with Crippen molar-refractivity contribution in [2.45, 2.75) is 41.9 Å². The number of hydrogen-bond acceptors (Lipinski definition) is 6. The van der Waals surface area contributed by atoms with Crippen molar-refractivity contribution < 1.29 is 12.8 Å². The first-order valence-corrected chi connectivity index (χ1v) is 11.0. The molecule has 6 nitrogen and oxygen atoms in total. The van der Waals surface area contributed by atoms with Crippen LogP contribution in [-0.2, 0) is 9.84 Å². The molecule has 29 heavy (non-hydrogen) atoms. The Labute approximate surface area is 168 Å². The van der Waals surface area contributed by atoms with E-state index in [0.29, 0.717) is 16.9 Å². The number of anilines is 1. The van der Waals surface area contributed by atoms with E-state index in [1.165, 1.54) is 0 Å². The monoisotopic (exact) mass is 410 g/mol. The fourth-order valence-corrected chi connectivity index (χ4v) is 4.99. The van der Waals surface area contributed by atoms with Crippen molar-refractivity contribution in [3.63, 3.8) is 0 Å². The highest BCUT2D eigenvalue weighted by Gasteiger charge is 2.34.